The summed E-state index contributed by atoms with van der Waals surface area (Å²) in [7, 11) is 2.97. The van der Waals surface area contributed by atoms with Crippen LogP contribution in [0.15, 0.2) is 27.8 Å². The van der Waals surface area contributed by atoms with Gasteiger partial charge in [-0.3, -0.25) is 19.1 Å². The smallest absolute Gasteiger partial charge is 0.330 e. The van der Waals surface area contributed by atoms with E-state index in [2.05, 4.69) is 4.98 Å². The van der Waals surface area contributed by atoms with Gasteiger partial charge in [0.05, 0.1) is 19.8 Å². The highest BCUT2D eigenvalue weighted by Crippen LogP contribution is 2.28. The lowest BCUT2D eigenvalue weighted by molar-refractivity contribution is 0.0982. The number of carbonyl (C=O) groups excluding carboxylic acids is 1. The van der Waals surface area contributed by atoms with Crippen molar-refractivity contribution in [2.45, 2.75) is 46.6 Å². The average molecular weight is 433 g/mol. The first-order valence-corrected chi connectivity index (χ1v) is 10.4. The second-order valence-electron chi connectivity index (χ2n) is 7.70. The molecule has 1 aromatic carbocycles. The van der Waals surface area contributed by atoms with E-state index in [0.717, 1.165) is 6.42 Å². The first kappa shape index (κ1) is 24.0. The summed E-state index contributed by atoms with van der Waals surface area (Å²) in [6.45, 7) is 6.63. The van der Waals surface area contributed by atoms with E-state index in [9.17, 15) is 14.4 Å². The maximum absolute atomic E-state index is 13.6. The van der Waals surface area contributed by atoms with Crippen molar-refractivity contribution >= 4 is 17.4 Å². The van der Waals surface area contributed by atoms with Crippen molar-refractivity contribution in [3.63, 3.8) is 0 Å². The molecular formula is C22H32N4O5. The average Bonchev–Trinajstić information content (AvgIpc) is 2.74. The summed E-state index contributed by atoms with van der Waals surface area (Å²) in [6.07, 6.45) is 2.19. The van der Waals surface area contributed by atoms with Crippen molar-refractivity contribution in [2.75, 3.05) is 31.4 Å². The van der Waals surface area contributed by atoms with Gasteiger partial charge >= 0.3 is 5.69 Å². The summed E-state index contributed by atoms with van der Waals surface area (Å²) in [4.78, 5) is 42.3. The van der Waals surface area contributed by atoms with E-state index in [1.54, 1.807) is 18.2 Å². The number of rotatable bonds is 10. The molecule has 0 aliphatic carbocycles. The maximum atomic E-state index is 13.6. The van der Waals surface area contributed by atoms with Crippen LogP contribution < -0.4 is 31.4 Å². The summed E-state index contributed by atoms with van der Waals surface area (Å²) in [6, 6.07) is 4.83. The molecule has 0 aliphatic heterocycles. The molecular weight excluding hydrogens is 400 g/mol. The largest absolute Gasteiger partial charge is 0.497 e. The van der Waals surface area contributed by atoms with Crippen LogP contribution in [-0.4, -0.2) is 36.2 Å². The minimum Gasteiger partial charge on any atom is -0.497 e. The normalized spacial score (nSPS) is 10.9. The van der Waals surface area contributed by atoms with Crippen LogP contribution >= 0.6 is 0 Å². The molecule has 9 heteroatoms. The Labute approximate surface area is 181 Å². The predicted octanol–water partition coefficient (Wildman–Crippen LogP) is 2.63. The molecule has 2 aromatic rings. The lowest BCUT2D eigenvalue weighted by Crippen LogP contribution is -2.42. The van der Waals surface area contributed by atoms with Crippen molar-refractivity contribution in [2.24, 2.45) is 5.92 Å². The summed E-state index contributed by atoms with van der Waals surface area (Å²) in [5, 5.41) is 0. The minimum absolute atomic E-state index is 0.0215. The number of H-pyrrole nitrogens is 1. The summed E-state index contributed by atoms with van der Waals surface area (Å²) >= 11 is 0. The van der Waals surface area contributed by atoms with Crippen LogP contribution in [0, 0.1) is 5.92 Å². The van der Waals surface area contributed by atoms with Crippen LogP contribution in [0.4, 0.5) is 11.5 Å². The predicted molar refractivity (Wildman–Crippen MR) is 121 cm³/mol. The van der Waals surface area contributed by atoms with Gasteiger partial charge in [-0.15, -0.1) is 0 Å². The van der Waals surface area contributed by atoms with Crippen LogP contribution in [-0.2, 0) is 6.54 Å². The topological polar surface area (TPSA) is 120 Å². The molecule has 0 aliphatic rings. The van der Waals surface area contributed by atoms with Gasteiger partial charge in [0.1, 0.15) is 17.3 Å². The van der Waals surface area contributed by atoms with Gasteiger partial charge in [-0.05, 0) is 30.9 Å². The highest BCUT2D eigenvalue weighted by atomic mass is 16.5. The molecule has 0 spiro atoms. The second-order valence-corrected chi connectivity index (χ2v) is 7.70. The molecule has 170 valence electrons. The molecule has 0 radical (unpaired) electrons. The lowest BCUT2D eigenvalue weighted by atomic mass is 10.1. The van der Waals surface area contributed by atoms with Gasteiger partial charge in [0.25, 0.3) is 11.5 Å². The van der Waals surface area contributed by atoms with Crippen LogP contribution in [0.2, 0.25) is 0 Å². The van der Waals surface area contributed by atoms with Gasteiger partial charge in [-0.25, -0.2) is 4.79 Å². The Bertz CT molecular complexity index is 1030. The van der Waals surface area contributed by atoms with E-state index in [-0.39, 0.29) is 29.5 Å². The number of nitrogens with two attached hydrogens (primary N) is 1. The fourth-order valence-corrected chi connectivity index (χ4v) is 3.20. The van der Waals surface area contributed by atoms with Crippen LogP contribution in [0.3, 0.4) is 0 Å². The van der Waals surface area contributed by atoms with Crippen molar-refractivity contribution < 1.29 is 14.3 Å². The molecule has 0 saturated heterocycles. The van der Waals surface area contributed by atoms with Crippen LogP contribution in [0.1, 0.15) is 50.4 Å². The van der Waals surface area contributed by atoms with E-state index in [1.807, 2.05) is 20.8 Å². The number of aromatic amines is 1. The number of aromatic nitrogens is 2. The molecule has 2 rings (SSSR count). The first-order chi connectivity index (χ1) is 14.7. The lowest BCUT2D eigenvalue weighted by Gasteiger charge is -2.26. The number of unbranched alkanes of at least 4 members (excludes halogenated alkanes) is 1. The Morgan fingerprint density at radius 2 is 1.94 bits per heavy atom. The van der Waals surface area contributed by atoms with Gasteiger partial charge in [-0.1, -0.05) is 27.2 Å². The first-order valence-electron chi connectivity index (χ1n) is 10.4. The van der Waals surface area contributed by atoms with Gasteiger partial charge in [0, 0.05) is 19.2 Å². The minimum atomic E-state index is -0.695. The SMILES string of the molecule is CCCCn1c(N)c(N(CCC(C)C)C(=O)c2ccc(OC)cc2OC)c(=O)[nH]c1=O. The fraction of sp³-hybridized carbons (Fsp3) is 0.500. The summed E-state index contributed by atoms with van der Waals surface area (Å²) in [5.41, 5.74) is 5.22. The van der Waals surface area contributed by atoms with Gasteiger partial charge in [0.2, 0.25) is 0 Å². The molecule has 1 heterocycles. The second kappa shape index (κ2) is 10.7. The zero-order chi connectivity index (χ0) is 23.1. The number of amides is 1. The van der Waals surface area contributed by atoms with E-state index >= 15 is 0 Å². The van der Waals surface area contributed by atoms with E-state index in [0.29, 0.717) is 30.9 Å². The Morgan fingerprint density at radius 1 is 1.23 bits per heavy atom. The monoisotopic (exact) mass is 432 g/mol. The number of methoxy groups -OCH3 is 2. The molecule has 1 amide bonds. The third-order valence-corrected chi connectivity index (χ3v) is 5.03. The number of hydrogen-bond acceptors (Lipinski definition) is 6. The molecule has 1 aromatic heterocycles. The molecule has 0 saturated carbocycles. The van der Waals surface area contributed by atoms with Crippen molar-refractivity contribution in [1.82, 2.24) is 9.55 Å². The molecule has 0 unspecified atom stereocenters. The number of hydrogen-bond donors (Lipinski definition) is 2. The van der Waals surface area contributed by atoms with Crippen molar-refractivity contribution in [3.8, 4) is 11.5 Å². The molecule has 3 N–H and O–H groups in total. The third-order valence-electron chi connectivity index (χ3n) is 5.03. The molecule has 9 nitrogen and oxygen atoms in total. The van der Waals surface area contributed by atoms with Crippen molar-refractivity contribution in [1.29, 1.82) is 0 Å². The quantitative estimate of drug-likeness (QED) is 0.596. The van der Waals surface area contributed by atoms with E-state index in [1.165, 1.54) is 23.7 Å². The number of carbonyl (C=O) groups is 1. The Balaban J connectivity index is 2.64. The maximum Gasteiger partial charge on any atom is 0.330 e. The number of ether oxygens (including phenoxy) is 2. The number of nitrogens with one attached hydrogen (secondary N) is 1. The Hall–Kier alpha value is -3.23. The Kier molecular flexibility index (Phi) is 8.30. The standard InChI is InChI=1S/C22H32N4O5/c1-6-7-11-26-19(23)18(20(27)24-22(26)29)25(12-10-14(2)3)21(28)16-9-8-15(30-4)13-17(16)31-5/h8-9,13-14H,6-7,10-12,23H2,1-5H3,(H,24,27,29). The molecule has 0 atom stereocenters. The summed E-state index contributed by atoms with van der Waals surface area (Å²) < 4.78 is 11.9. The molecule has 0 bridgehead atoms. The molecule has 31 heavy (non-hydrogen) atoms. The van der Waals surface area contributed by atoms with Crippen LogP contribution in [0.25, 0.3) is 0 Å². The Morgan fingerprint density at radius 3 is 2.52 bits per heavy atom. The highest BCUT2D eigenvalue weighted by molar-refractivity contribution is 6.09. The van der Waals surface area contributed by atoms with Crippen LogP contribution in [0.5, 0.6) is 11.5 Å². The van der Waals surface area contributed by atoms with E-state index in [4.69, 9.17) is 15.2 Å². The van der Waals surface area contributed by atoms with Gasteiger partial charge in [0.15, 0.2) is 5.69 Å². The number of benzene rings is 1. The fourth-order valence-electron chi connectivity index (χ4n) is 3.20. The number of nitrogen functional groups attached to an aromatic ring is 1. The highest BCUT2D eigenvalue weighted by Gasteiger charge is 2.27. The number of anilines is 2. The van der Waals surface area contributed by atoms with Gasteiger partial charge < -0.3 is 20.1 Å². The molecule has 0 fully saturated rings. The number of nitrogens with zero attached hydrogens (tertiary/aromatic N) is 2. The van der Waals surface area contributed by atoms with E-state index < -0.39 is 17.2 Å². The summed E-state index contributed by atoms with van der Waals surface area (Å²) in [5.74, 6) is 0.657. The third kappa shape index (κ3) is 5.48. The van der Waals surface area contributed by atoms with Gasteiger partial charge in [-0.2, -0.15) is 0 Å². The zero-order valence-corrected chi connectivity index (χ0v) is 18.9. The zero-order valence-electron chi connectivity index (χ0n) is 18.9. The van der Waals surface area contributed by atoms with Crippen molar-refractivity contribution in [3.05, 3.63) is 44.6 Å².